The molecular weight excluding hydrogens is 216 g/mol. The maximum absolute atomic E-state index is 5.67. The van der Waals surface area contributed by atoms with Crippen LogP contribution in [-0.2, 0) is 6.42 Å². The summed E-state index contributed by atoms with van der Waals surface area (Å²) < 4.78 is 0. The largest absolute Gasteiger partial charge is 0.119 e. The molecule has 0 aromatic heterocycles. The minimum absolute atomic E-state index is 0.213. The van der Waals surface area contributed by atoms with E-state index in [1.165, 1.54) is 16.7 Å². The van der Waals surface area contributed by atoms with Crippen molar-refractivity contribution in [3.05, 3.63) is 71.3 Å². The molecule has 0 heteroatoms. The minimum atomic E-state index is 0.213. The van der Waals surface area contributed by atoms with Crippen molar-refractivity contribution in [1.82, 2.24) is 0 Å². The standard InChI is InChI=1S/C18H18/c1-3-17(18-11-7-8-15(2)14-18)13-12-16-9-5-4-6-10-16/h1,4-11,14,17H,12-13H2,2H3. The molecule has 0 saturated carbocycles. The van der Waals surface area contributed by atoms with Gasteiger partial charge in [-0.25, -0.2) is 0 Å². The Morgan fingerprint density at radius 3 is 2.50 bits per heavy atom. The van der Waals surface area contributed by atoms with Crippen LogP contribution < -0.4 is 0 Å². The zero-order valence-electron chi connectivity index (χ0n) is 10.8. The minimum Gasteiger partial charge on any atom is -0.119 e. The molecule has 0 N–H and O–H groups in total. The van der Waals surface area contributed by atoms with Gasteiger partial charge in [-0.05, 0) is 30.9 Å². The highest BCUT2D eigenvalue weighted by Gasteiger charge is 2.08. The molecule has 1 atom stereocenters. The van der Waals surface area contributed by atoms with Crippen molar-refractivity contribution in [3.63, 3.8) is 0 Å². The van der Waals surface area contributed by atoms with Crippen LogP contribution >= 0.6 is 0 Å². The van der Waals surface area contributed by atoms with Gasteiger partial charge in [-0.1, -0.05) is 66.1 Å². The number of terminal acetylenes is 1. The van der Waals surface area contributed by atoms with Crippen molar-refractivity contribution < 1.29 is 0 Å². The molecule has 0 saturated heterocycles. The van der Waals surface area contributed by atoms with Crippen LogP contribution in [0.25, 0.3) is 0 Å². The molecule has 0 aliphatic heterocycles. The first kappa shape index (κ1) is 12.5. The van der Waals surface area contributed by atoms with Crippen molar-refractivity contribution in [3.8, 4) is 12.3 Å². The Morgan fingerprint density at radius 1 is 1.06 bits per heavy atom. The summed E-state index contributed by atoms with van der Waals surface area (Å²) in [6, 6.07) is 19.0. The molecule has 0 heterocycles. The number of rotatable bonds is 4. The van der Waals surface area contributed by atoms with Gasteiger partial charge in [0.15, 0.2) is 0 Å². The number of hydrogen-bond acceptors (Lipinski definition) is 0. The van der Waals surface area contributed by atoms with Gasteiger partial charge in [0.2, 0.25) is 0 Å². The highest BCUT2D eigenvalue weighted by atomic mass is 14.1. The second kappa shape index (κ2) is 6.07. The molecule has 2 aromatic carbocycles. The third kappa shape index (κ3) is 3.25. The quantitative estimate of drug-likeness (QED) is 0.690. The normalized spacial score (nSPS) is 11.8. The van der Waals surface area contributed by atoms with E-state index in [4.69, 9.17) is 6.42 Å². The Balaban J connectivity index is 2.05. The third-order valence-electron chi connectivity index (χ3n) is 3.21. The molecule has 0 aliphatic rings. The number of benzene rings is 2. The van der Waals surface area contributed by atoms with Gasteiger partial charge in [-0.15, -0.1) is 6.42 Å². The lowest BCUT2D eigenvalue weighted by atomic mass is 9.92. The van der Waals surface area contributed by atoms with Gasteiger partial charge in [-0.2, -0.15) is 0 Å². The lowest BCUT2D eigenvalue weighted by Crippen LogP contribution is -1.98. The van der Waals surface area contributed by atoms with Gasteiger partial charge < -0.3 is 0 Å². The Bertz CT molecular complexity index is 531. The molecule has 1 unspecified atom stereocenters. The first-order chi connectivity index (χ1) is 8.79. The molecule has 90 valence electrons. The smallest absolute Gasteiger partial charge is 0.0452 e. The molecule has 0 bridgehead atoms. The zero-order chi connectivity index (χ0) is 12.8. The van der Waals surface area contributed by atoms with E-state index >= 15 is 0 Å². The fraction of sp³-hybridized carbons (Fsp3) is 0.222. The highest BCUT2D eigenvalue weighted by Crippen LogP contribution is 2.21. The van der Waals surface area contributed by atoms with E-state index in [0.29, 0.717) is 0 Å². The van der Waals surface area contributed by atoms with E-state index < -0.39 is 0 Å². The summed E-state index contributed by atoms with van der Waals surface area (Å²) in [6.45, 7) is 2.11. The van der Waals surface area contributed by atoms with Crippen molar-refractivity contribution in [2.45, 2.75) is 25.7 Å². The summed E-state index contributed by atoms with van der Waals surface area (Å²) in [5.41, 5.74) is 3.88. The van der Waals surface area contributed by atoms with E-state index in [-0.39, 0.29) is 5.92 Å². The summed E-state index contributed by atoms with van der Waals surface area (Å²) in [6.07, 6.45) is 7.70. The van der Waals surface area contributed by atoms with Gasteiger partial charge >= 0.3 is 0 Å². The summed E-state index contributed by atoms with van der Waals surface area (Å²) >= 11 is 0. The lowest BCUT2D eigenvalue weighted by molar-refractivity contribution is 0.754. The molecule has 2 aromatic rings. The third-order valence-corrected chi connectivity index (χ3v) is 3.21. The molecule has 18 heavy (non-hydrogen) atoms. The van der Waals surface area contributed by atoms with Crippen LogP contribution in [0.5, 0.6) is 0 Å². The monoisotopic (exact) mass is 234 g/mol. The first-order valence-electron chi connectivity index (χ1n) is 6.36. The maximum Gasteiger partial charge on any atom is 0.0452 e. The predicted molar refractivity (Wildman–Crippen MR) is 77.5 cm³/mol. The average Bonchev–Trinajstić information content (AvgIpc) is 2.41. The number of hydrogen-bond donors (Lipinski definition) is 0. The Hall–Kier alpha value is -2.00. The van der Waals surface area contributed by atoms with Crippen molar-refractivity contribution in [1.29, 1.82) is 0 Å². The summed E-state index contributed by atoms with van der Waals surface area (Å²) in [7, 11) is 0. The van der Waals surface area contributed by atoms with Crippen molar-refractivity contribution in [2.24, 2.45) is 0 Å². The van der Waals surface area contributed by atoms with Crippen LogP contribution in [0.3, 0.4) is 0 Å². The fourth-order valence-corrected chi connectivity index (χ4v) is 2.19. The summed E-state index contributed by atoms with van der Waals surface area (Å²) in [5, 5.41) is 0. The van der Waals surface area contributed by atoms with Crippen molar-refractivity contribution in [2.75, 3.05) is 0 Å². The van der Waals surface area contributed by atoms with Gasteiger partial charge in [0, 0.05) is 5.92 Å². The van der Waals surface area contributed by atoms with Crippen LogP contribution in [0.4, 0.5) is 0 Å². The maximum atomic E-state index is 5.67. The Kier molecular flexibility index (Phi) is 4.20. The van der Waals surface area contributed by atoms with Crippen LogP contribution in [0.2, 0.25) is 0 Å². The molecular formula is C18H18. The van der Waals surface area contributed by atoms with Gasteiger partial charge in [0.25, 0.3) is 0 Å². The molecule has 0 radical (unpaired) electrons. The van der Waals surface area contributed by atoms with Crippen LogP contribution in [-0.4, -0.2) is 0 Å². The van der Waals surface area contributed by atoms with Gasteiger partial charge in [0.1, 0.15) is 0 Å². The Morgan fingerprint density at radius 2 is 1.83 bits per heavy atom. The molecule has 2 rings (SSSR count). The van der Waals surface area contributed by atoms with Crippen molar-refractivity contribution >= 4 is 0 Å². The van der Waals surface area contributed by atoms with E-state index in [9.17, 15) is 0 Å². The second-order valence-electron chi connectivity index (χ2n) is 4.66. The molecule has 0 amide bonds. The average molecular weight is 234 g/mol. The molecule has 0 fully saturated rings. The first-order valence-corrected chi connectivity index (χ1v) is 6.36. The van der Waals surface area contributed by atoms with E-state index in [0.717, 1.165) is 12.8 Å². The highest BCUT2D eigenvalue weighted by molar-refractivity contribution is 5.30. The van der Waals surface area contributed by atoms with Gasteiger partial charge in [0.05, 0.1) is 0 Å². The van der Waals surface area contributed by atoms with E-state index in [1.807, 2.05) is 6.07 Å². The Labute approximate surface area is 110 Å². The van der Waals surface area contributed by atoms with Crippen LogP contribution in [0, 0.1) is 19.3 Å². The van der Waals surface area contributed by atoms with Crippen LogP contribution in [0.1, 0.15) is 29.0 Å². The lowest BCUT2D eigenvalue weighted by Gasteiger charge is -2.11. The zero-order valence-corrected chi connectivity index (χ0v) is 10.8. The molecule has 0 nitrogen and oxygen atoms in total. The second-order valence-corrected chi connectivity index (χ2v) is 4.66. The fourth-order valence-electron chi connectivity index (χ4n) is 2.19. The number of aryl methyl sites for hydroxylation is 2. The van der Waals surface area contributed by atoms with Gasteiger partial charge in [-0.3, -0.25) is 0 Å². The van der Waals surface area contributed by atoms with E-state index in [2.05, 4.69) is 61.4 Å². The molecule has 0 spiro atoms. The molecule has 0 aliphatic carbocycles. The SMILES string of the molecule is C#CC(CCc1ccccc1)c1cccc(C)c1. The summed E-state index contributed by atoms with van der Waals surface area (Å²) in [4.78, 5) is 0. The summed E-state index contributed by atoms with van der Waals surface area (Å²) in [5.74, 6) is 3.13. The predicted octanol–water partition coefficient (Wildman–Crippen LogP) is 4.34. The van der Waals surface area contributed by atoms with Crippen LogP contribution in [0.15, 0.2) is 54.6 Å². The topological polar surface area (TPSA) is 0 Å². The van der Waals surface area contributed by atoms with E-state index in [1.54, 1.807) is 0 Å².